The molecule has 9 atom stereocenters. The molecular formula is C24H44N4O3. The molecule has 5 fully saturated rings. The maximum absolute atomic E-state index is 6.30. The van der Waals surface area contributed by atoms with Crippen LogP contribution in [0.2, 0.25) is 0 Å². The van der Waals surface area contributed by atoms with Gasteiger partial charge in [-0.05, 0) is 83.1 Å². The van der Waals surface area contributed by atoms with Crippen molar-refractivity contribution in [1.82, 2.24) is 21.1 Å². The molecular weight excluding hydrogens is 392 g/mol. The largest absolute Gasteiger partial charge is 0.378 e. The van der Waals surface area contributed by atoms with Crippen LogP contribution in [0.1, 0.15) is 58.8 Å². The molecule has 4 bridgehead atoms. The van der Waals surface area contributed by atoms with Gasteiger partial charge in [0, 0.05) is 37.8 Å². The lowest BCUT2D eigenvalue weighted by molar-refractivity contribution is -0.0931. The van der Waals surface area contributed by atoms with E-state index >= 15 is 0 Å². The second-order valence-corrected chi connectivity index (χ2v) is 11.0. The summed E-state index contributed by atoms with van der Waals surface area (Å²) in [6.45, 7) is 9.96. The lowest BCUT2D eigenvalue weighted by atomic mass is 9.69. The summed E-state index contributed by atoms with van der Waals surface area (Å²) >= 11 is 0. The van der Waals surface area contributed by atoms with Gasteiger partial charge < -0.3 is 14.2 Å². The van der Waals surface area contributed by atoms with Crippen LogP contribution in [-0.4, -0.2) is 80.9 Å². The van der Waals surface area contributed by atoms with Crippen molar-refractivity contribution in [2.45, 2.75) is 95.2 Å². The minimum Gasteiger partial charge on any atom is -0.378 e. The fourth-order valence-corrected chi connectivity index (χ4v) is 7.18. The summed E-state index contributed by atoms with van der Waals surface area (Å²) in [5.74, 6) is 2.02. The first kappa shape index (κ1) is 22.5. The first-order valence-corrected chi connectivity index (χ1v) is 13.0. The normalized spacial score (nSPS) is 48.0. The molecule has 0 aromatic carbocycles. The minimum absolute atomic E-state index is 0.330. The first-order chi connectivity index (χ1) is 15.2. The van der Waals surface area contributed by atoms with Gasteiger partial charge in [-0.1, -0.05) is 0 Å². The highest BCUT2D eigenvalue weighted by molar-refractivity contribution is 5.01. The highest BCUT2D eigenvalue weighted by atomic mass is 16.5. The van der Waals surface area contributed by atoms with Crippen LogP contribution in [-0.2, 0) is 14.2 Å². The molecule has 5 rings (SSSR count). The molecule has 7 heteroatoms. The molecule has 0 radical (unpaired) electrons. The topological polar surface area (TPSA) is 67.0 Å². The van der Waals surface area contributed by atoms with Crippen molar-refractivity contribution in [3.05, 3.63) is 0 Å². The van der Waals surface area contributed by atoms with Crippen LogP contribution < -0.4 is 16.2 Å². The highest BCUT2D eigenvalue weighted by Gasteiger charge is 2.47. The summed E-state index contributed by atoms with van der Waals surface area (Å²) in [5, 5.41) is 3.45. The van der Waals surface area contributed by atoms with Crippen molar-refractivity contribution >= 4 is 0 Å². The van der Waals surface area contributed by atoms with Crippen molar-refractivity contribution < 1.29 is 14.2 Å². The number of fused-ring (bicyclic) bond motifs is 4. The summed E-state index contributed by atoms with van der Waals surface area (Å²) in [5.41, 5.74) is 7.45. The number of hydrazine groups is 1. The molecule has 0 aromatic rings. The van der Waals surface area contributed by atoms with E-state index in [-0.39, 0.29) is 0 Å². The van der Waals surface area contributed by atoms with Crippen molar-refractivity contribution in [2.75, 3.05) is 39.6 Å². The number of rotatable bonds is 1. The van der Waals surface area contributed by atoms with Crippen molar-refractivity contribution in [2.24, 2.45) is 17.8 Å². The Balaban J connectivity index is 1.33. The molecule has 3 heterocycles. The van der Waals surface area contributed by atoms with Gasteiger partial charge in [-0.2, -0.15) is 0 Å². The maximum atomic E-state index is 6.30. The van der Waals surface area contributed by atoms with Crippen molar-refractivity contribution in [1.29, 1.82) is 0 Å². The molecule has 31 heavy (non-hydrogen) atoms. The van der Waals surface area contributed by atoms with Crippen LogP contribution in [0.3, 0.4) is 0 Å². The Kier molecular flexibility index (Phi) is 7.50. The summed E-state index contributed by atoms with van der Waals surface area (Å²) < 4.78 is 18.4. The molecule has 3 aliphatic heterocycles. The van der Waals surface area contributed by atoms with Gasteiger partial charge in [0.1, 0.15) is 0 Å². The van der Waals surface area contributed by atoms with Crippen LogP contribution >= 0.6 is 0 Å². The smallest absolute Gasteiger partial charge is 0.0965 e. The van der Waals surface area contributed by atoms with Crippen LogP contribution in [0.15, 0.2) is 0 Å². The Morgan fingerprint density at radius 3 is 2.68 bits per heavy atom. The molecule has 178 valence electrons. The Labute approximate surface area is 188 Å². The lowest BCUT2D eigenvalue weighted by Gasteiger charge is -2.47. The van der Waals surface area contributed by atoms with E-state index < -0.39 is 0 Å². The number of morpholine rings is 1. The molecule has 2 saturated carbocycles. The summed E-state index contributed by atoms with van der Waals surface area (Å²) in [7, 11) is 0. The minimum atomic E-state index is 0.330. The number of ether oxygens (including phenoxy) is 3. The fourth-order valence-electron chi connectivity index (χ4n) is 7.18. The molecule has 0 aromatic heterocycles. The fraction of sp³-hybridized carbons (Fsp3) is 1.00. The summed E-state index contributed by atoms with van der Waals surface area (Å²) in [4.78, 5) is 2.73. The van der Waals surface area contributed by atoms with E-state index in [9.17, 15) is 0 Å². The van der Waals surface area contributed by atoms with Gasteiger partial charge in [0.15, 0.2) is 0 Å². The number of hydrogen-bond donors (Lipinski definition) is 3. The molecule has 5 aliphatic rings. The van der Waals surface area contributed by atoms with Crippen LogP contribution in [0, 0.1) is 17.8 Å². The standard InChI is InChI=1S/C24H44N4O3/c1-16-12-28(13-17(2)31-16)20-9-18-8-19(10-20)24-22-11-21(4-5-23(22)26-27-24)30-7-3-6-25-15-29-14-18/h16-27H,3-15H2,1-2H3/t16-,17+,18?,19?,20?,21?,22?,23?,24?. The molecule has 3 saturated heterocycles. The molecule has 7 nitrogen and oxygen atoms in total. The van der Waals surface area contributed by atoms with Gasteiger partial charge in [-0.25, -0.2) is 0 Å². The Bertz CT molecular complexity index is 571. The zero-order valence-electron chi connectivity index (χ0n) is 19.6. The van der Waals surface area contributed by atoms with E-state index in [4.69, 9.17) is 14.2 Å². The number of nitrogens with one attached hydrogen (secondary N) is 3. The quantitative estimate of drug-likeness (QED) is 0.580. The van der Waals surface area contributed by atoms with Gasteiger partial charge in [-0.15, -0.1) is 0 Å². The van der Waals surface area contributed by atoms with Gasteiger partial charge in [0.05, 0.1) is 31.6 Å². The maximum Gasteiger partial charge on any atom is 0.0965 e. The third kappa shape index (κ3) is 5.45. The van der Waals surface area contributed by atoms with Crippen LogP contribution in [0.25, 0.3) is 0 Å². The first-order valence-electron chi connectivity index (χ1n) is 13.0. The summed E-state index contributed by atoms with van der Waals surface area (Å²) in [6, 6.07) is 1.81. The molecule has 3 N–H and O–H groups in total. The Morgan fingerprint density at radius 2 is 1.81 bits per heavy atom. The van der Waals surface area contributed by atoms with E-state index in [0.29, 0.717) is 60.9 Å². The second-order valence-electron chi connectivity index (χ2n) is 11.0. The van der Waals surface area contributed by atoms with Gasteiger partial charge in [0.25, 0.3) is 0 Å². The van der Waals surface area contributed by atoms with Gasteiger partial charge in [0.2, 0.25) is 0 Å². The predicted molar refractivity (Wildman–Crippen MR) is 121 cm³/mol. The SMILES string of the molecule is C[C@@H]1CN(C2CC3COCNCCCOC4CCC5NNC(C(C3)C2)C5C4)C[C@H](C)O1. The molecule has 2 aliphatic carbocycles. The lowest BCUT2D eigenvalue weighted by Crippen LogP contribution is -2.54. The van der Waals surface area contributed by atoms with Gasteiger partial charge >= 0.3 is 0 Å². The van der Waals surface area contributed by atoms with E-state index in [1.807, 2.05) is 0 Å². The molecule has 0 spiro atoms. The van der Waals surface area contributed by atoms with Crippen molar-refractivity contribution in [3.8, 4) is 0 Å². The van der Waals surface area contributed by atoms with E-state index in [1.165, 1.54) is 38.5 Å². The molecule has 0 amide bonds. The van der Waals surface area contributed by atoms with E-state index in [1.54, 1.807) is 0 Å². The average Bonchev–Trinajstić information content (AvgIpc) is 3.17. The third-order valence-electron chi connectivity index (χ3n) is 8.45. The zero-order chi connectivity index (χ0) is 21.2. The van der Waals surface area contributed by atoms with E-state index in [2.05, 4.69) is 34.9 Å². The Morgan fingerprint density at radius 1 is 0.935 bits per heavy atom. The number of hydrogen-bond acceptors (Lipinski definition) is 7. The van der Waals surface area contributed by atoms with E-state index in [0.717, 1.165) is 39.3 Å². The van der Waals surface area contributed by atoms with Crippen LogP contribution in [0.4, 0.5) is 0 Å². The van der Waals surface area contributed by atoms with Gasteiger partial charge in [-0.3, -0.25) is 21.1 Å². The molecule has 7 unspecified atom stereocenters. The van der Waals surface area contributed by atoms with Crippen LogP contribution in [0.5, 0.6) is 0 Å². The number of nitrogens with zero attached hydrogens (tertiary/aromatic N) is 1. The highest BCUT2D eigenvalue weighted by Crippen LogP contribution is 2.42. The average molecular weight is 437 g/mol. The predicted octanol–water partition coefficient (Wildman–Crippen LogP) is 1.88. The second kappa shape index (κ2) is 10.3. The third-order valence-corrected chi connectivity index (χ3v) is 8.45. The monoisotopic (exact) mass is 436 g/mol. The zero-order valence-corrected chi connectivity index (χ0v) is 19.6. The Hall–Kier alpha value is -0.280. The van der Waals surface area contributed by atoms with Crippen molar-refractivity contribution in [3.63, 3.8) is 0 Å². The summed E-state index contributed by atoms with van der Waals surface area (Å²) in [6.07, 6.45) is 9.62.